The van der Waals surface area contributed by atoms with Crippen LogP contribution < -0.4 is 5.32 Å². The summed E-state index contributed by atoms with van der Waals surface area (Å²) in [5, 5.41) is 6.20. The van der Waals surface area contributed by atoms with Crippen LogP contribution in [0, 0.1) is 19.7 Å². The average Bonchev–Trinajstić information content (AvgIpc) is 2.90. The van der Waals surface area contributed by atoms with E-state index in [1.54, 1.807) is 12.1 Å². The molecular weight excluding hydrogens is 301 g/mol. The van der Waals surface area contributed by atoms with Gasteiger partial charge in [0.15, 0.2) is 0 Å². The maximum absolute atomic E-state index is 13.5. The van der Waals surface area contributed by atoms with Gasteiger partial charge in [0, 0.05) is 16.5 Å². The number of pyridine rings is 1. The molecule has 0 radical (unpaired) electrons. The molecule has 3 rings (SSSR count). The van der Waals surface area contributed by atoms with Crippen molar-refractivity contribution in [3.8, 4) is 0 Å². The Balaban J connectivity index is 1.91. The predicted octanol–water partition coefficient (Wildman–Crippen LogP) is 3.38. The summed E-state index contributed by atoms with van der Waals surface area (Å²) < 4.78 is 13.5. The number of benzene rings is 1. The van der Waals surface area contributed by atoms with Crippen LogP contribution in [0.15, 0.2) is 29.6 Å². The van der Waals surface area contributed by atoms with Gasteiger partial charge in [-0.2, -0.15) is 0 Å². The highest BCUT2D eigenvalue weighted by molar-refractivity contribution is 7.09. The lowest BCUT2D eigenvalue weighted by molar-refractivity contribution is 0.0952. The highest BCUT2D eigenvalue weighted by atomic mass is 32.1. The first kappa shape index (κ1) is 14.6. The van der Waals surface area contributed by atoms with Crippen LogP contribution in [0.3, 0.4) is 0 Å². The normalized spacial score (nSPS) is 10.9. The van der Waals surface area contributed by atoms with E-state index >= 15 is 0 Å². The monoisotopic (exact) mass is 315 g/mol. The number of amides is 1. The quantitative estimate of drug-likeness (QED) is 0.806. The molecule has 22 heavy (non-hydrogen) atoms. The predicted molar refractivity (Wildman–Crippen MR) is 84.5 cm³/mol. The molecule has 1 aromatic carbocycles. The lowest BCUT2D eigenvalue weighted by Gasteiger charge is -2.08. The van der Waals surface area contributed by atoms with E-state index in [-0.39, 0.29) is 11.7 Å². The highest BCUT2D eigenvalue weighted by Gasteiger charge is 2.13. The number of hydrogen-bond donors (Lipinski definition) is 1. The highest BCUT2D eigenvalue weighted by Crippen LogP contribution is 2.20. The first-order chi connectivity index (χ1) is 10.5. The fourth-order valence-corrected chi connectivity index (χ4v) is 2.89. The summed E-state index contributed by atoms with van der Waals surface area (Å²) in [6.07, 6.45) is 0. The number of halogens is 1. The Hall–Kier alpha value is -2.34. The van der Waals surface area contributed by atoms with Gasteiger partial charge in [0.1, 0.15) is 5.82 Å². The molecule has 0 saturated carbocycles. The van der Waals surface area contributed by atoms with Crippen LogP contribution in [-0.2, 0) is 6.54 Å². The van der Waals surface area contributed by atoms with Crippen molar-refractivity contribution >= 4 is 28.1 Å². The Morgan fingerprint density at radius 2 is 2.09 bits per heavy atom. The number of rotatable bonds is 3. The molecule has 2 aromatic heterocycles. The summed E-state index contributed by atoms with van der Waals surface area (Å²) in [4.78, 5) is 21.0. The molecule has 0 spiro atoms. The number of aromatic nitrogens is 2. The third-order valence-corrected chi connectivity index (χ3v) is 4.06. The van der Waals surface area contributed by atoms with Crippen molar-refractivity contribution in [2.24, 2.45) is 0 Å². The zero-order valence-corrected chi connectivity index (χ0v) is 13.0. The Morgan fingerprint density at radius 1 is 1.27 bits per heavy atom. The summed E-state index contributed by atoms with van der Waals surface area (Å²) >= 11 is 1.54. The summed E-state index contributed by atoms with van der Waals surface area (Å²) in [6.45, 7) is 4.07. The molecule has 2 heterocycles. The largest absolute Gasteiger partial charge is 0.346 e. The molecule has 0 aliphatic carbocycles. The summed E-state index contributed by atoms with van der Waals surface area (Å²) in [7, 11) is 0. The molecule has 0 bridgehead atoms. The lowest BCUT2D eigenvalue weighted by atomic mass is 10.1. The number of thiazole rings is 1. The van der Waals surface area contributed by atoms with Crippen LogP contribution in [0.4, 0.5) is 4.39 Å². The molecule has 0 aliphatic heterocycles. The van der Waals surface area contributed by atoms with Crippen LogP contribution in [-0.4, -0.2) is 15.9 Å². The van der Waals surface area contributed by atoms with E-state index in [9.17, 15) is 9.18 Å². The van der Waals surface area contributed by atoms with Gasteiger partial charge in [-0.1, -0.05) is 0 Å². The van der Waals surface area contributed by atoms with Gasteiger partial charge in [0.2, 0.25) is 0 Å². The second kappa shape index (κ2) is 5.81. The van der Waals surface area contributed by atoms with Crippen LogP contribution in [0.2, 0.25) is 0 Å². The Bertz CT molecular complexity index is 860. The SMILES string of the molecule is Cc1cc(C(=O)NCc2csc(C)n2)c2cc(F)ccc2n1. The number of carbonyl (C=O) groups is 1. The minimum absolute atomic E-state index is 0.258. The molecule has 0 fully saturated rings. The second-order valence-electron chi connectivity index (χ2n) is 5.01. The van der Waals surface area contributed by atoms with Crippen LogP contribution in [0.25, 0.3) is 10.9 Å². The number of hydrogen-bond acceptors (Lipinski definition) is 4. The summed E-state index contributed by atoms with van der Waals surface area (Å²) in [5.74, 6) is -0.644. The molecular formula is C16H14FN3OS. The molecule has 0 aliphatic rings. The van der Waals surface area contributed by atoms with E-state index in [1.807, 2.05) is 19.2 Å². The first-order valence-electron chi connectivity index (χ1n) is 6.79. The number of fused-ring (bicyclic) bond motifs is 1. The van der Waals surface area contributed by atoms with E-state index in [4.69, 9.17) is 0 Å². The van der Waals surface area contributed by atoms with Crippen molar-refractivity contribution in [2.45, 2.75) is 20.4 Å². The minimum Gasteiger partial charge on any atom is -0.346 e. The van der Waals surface area contributed by atoms with E-state index in [1.165, 1.54) is 23.5 Å². The molecule has 6 heteroatoms. The number of nitrogens with one attached hydrogen (secondary N) is 1. The van der Waals surface area contributed by atoms with Gasteiger partial charge in [-0.15, -0.1) is 11.3 Å². The van der Waals surface area contributed by atoms with Crippen molar-refractivity contribution in [3.63, 3.8) is 0 Å². The zero-order valence-electron chi connectivity index (χ0n) is 12.2. The summed E-state index contributed by atoms with van der Waals surface area (Å²) in [5.41, 5.74) is 2.57. The molecule has 112 valence electrons. The molecule has 1 N–H and O–H groups in total. The minimum atomic E-state index is -0.387. The van der Waals surface area contributed by atoms with E-state index in [0.29, 0.717) is 28.7 Å². The average molecular weight is 315 g/mol. The van der Waals surface area contributed by atoms with Gasteiger partial charge in [-0.25, -0.2) is 9.37 Å². The van der Waals surface area contributed by atoms with Crippen molar-refractivity contribution in [1.82, 2.24) is 15.3 Å². The fourth-order valence-electron chi connectivity index (χ4n) is 2.27. The van der Waals surface area contributed by atoms with E-state index in [2.05, 4.69) is 15.3 Å². The fraction of sp³-hybridized carbons (Fsp3) is 0.188. The zero-order chi connectivity index (χ0) is 15.7. The standard InChI is InChI=1S/C16H14FN3OS/c1-9-5-14(13-6-11(17)3-4-15(13)19-9)16(21)18-7-12-8-22-10(2)20-12/h3-6,8H,7H2,1-2H3,(H,18,21). The maximum Gasteiger partial charge on any atom is 0.252 e. The number of carbonyl (C=O) groups excluding carboxylic acids is 1. The topological polar surface area (TPSA) is 54.9 Å². The van der Waals surface area contributed by atoms with Crippen molar-refractivity contribution < 1.29 is 9.18 Å². The maximum atomic E-state index is 13.5. The molecule has 1 amide bonds. The lowest BCUT2D eigenvalue weighted by Crippen LogP contribution is -2.23. The van der Waals surface area contributed by atoms with Gasteiger partial charge < -0.3 is 5.32 Å². The second-order valence-corrected chi connectivity index (χ2v) is 6.08. The number of aryl methyl sites for hydroxylation is 2. The third kappa shape index (κ3) is 2.96. The van der Waals surface area contributed by atoms with Crippen LogP contribution in [0.5, 0.6) is 0 Å². The molecule has 0 atom stereocenters. The van der Waals surface area contributed by atoms with Crippen molar-refractivity contribution in [2.75, 3.05) is 0 Å². The van der Waals surface area contributed by atoms with Crippen molar-refractivity contribution in [3.05, 3.63) is 57.4 Å². The molecule has 0 saturated heterocycles. The van der Waals surface area contributed by atoms with E-state index < -0.39 is 0 Å². The summed E-state index contributed by atoms with van der Waals surface area (Å²) in [6, 6.07) is 5.93. The molecule has 4 nitrogen and oxygen atoms in total. The number of nitrogens with zero attached hydrogens (tertiary/aromatic N) is 2. The van der Waals surface area contributed by atoms with Gasteiger partial charge in [-0.3, -0.25) is 9.78 Å². The van der Waals surface area contributed by atoms with Crippen molar-refractivity contribution in [1.29, 1.82) is 0 Å². The van der Waals surface area contributed by atoms with Gasteiger partial charge in [0.25, 0.3) is 5.91 Å². The van der Waals surface area contributed by atoms with Crippen LogP contribution in [0.1, 0.15) is 26.8 Å². The molecule has 3 aromatic rings. The Labute approximate surface area is 131 Å². The Kier molecular flexibility index (Phi) is 3.85. The Morgan fingerprint density at radius 3 is 2.82 bits per heavy atom. The third-order valence-electron chi connectivity index (χ3n) is 3.24. The molecule has 0 unspecified atom stereocenters. The van der Waals surface area contributed by atoms with Gasteiger partial charge >= 0.3 is 0 Å². The smallest absolute Gasteiger partial charge is 0.252 e. The van der Waals surface area contributed by atoms with Gasteiger partial charge in [-0.05, 0) is 38.1 Å². The van der Waals surface area contributed by atoms with Crippen LogP contribution >= 0.6 is 11.3 Å². The van der Waals surface area contributed by atoms with Gasteiger partial charge in [0.05, 0.1) is 28.3 Å². The van der Waals surface area contributed by atoms with E-state index in [0.717, 1.165) is 10.7 Å². The first-order valence-corrected chi connectivity index (χ1v) is 7.67.